The van der Waals surface area contributed by atoms with Crippen LogP contribution >= 0.6 is 0 Å². The first-order valence-electron chi connectivity index (χ1n) is 9.86. The number of aromatic nitrogens is 5. The SMILES string of the molecule is CCNC(=NCCC(O)(c1nccn1C)C(F)(F)F)NC1CCc2nc(C)nn2C1. The van der Waals surface area contributed by atoms with Crippen LogP contribution in [0.1, 0.15) is 37.2 Å². The van der Waals surface area contributed by atoms with Crippen LogP contribution in [-0.2, 0) is 25.6 Å². The summed E-state index contributed by atoms with van der Waals surface area (Å²) in [5.41, 5.74) is -3.08. The maximum Gasteiger partial charge on any atom is 0.424 e. The molecule has 0 radical (unpaired) electrons. The largest absolute Gasteiger partial charge is 0.424 e. The van der Waals surface area contributed by atoms with E-state index in [-0.39, 0.29) is 12.6 Å². The molecule has 1 aliphatic rings. The number of nitrogens with one attached hydrogen (secondary N) is 2. The second-order valence-corrected chi connectivity index (χ2v) is 7.37. The average Bonchev–Trinajstić information content (AvgIpc) is 3.25. The van der Waals surface area contributed by atoms with Crippen LogP contribution in [0.15, 0.2) is 17.4 Å². The summed E-state index contributed by atoms with van der Waals surface area (Å²) in [4.78, 5) is 12.3. The number of rotatable bonds is 6. The van der Waals surface area contributed by atoms with Crippen molar-refractivity contribution in [1.29, 1.82) is 0 Å². The monoisotopic (exact) mass is 428 g/mol. The quantitative estimate of drug-likeness (QED) is 0.469. The van der Waals surface area contributed by atoms with Crippen LogP contribution in [0.25, 0.3) is 0 Å². The Morgan fingerprint density at radius 1 is 1.40 bits per heavy atom. The topological polar surface area (TPSA) is 105 Å². The lowest BCUT2D eigenvalue weighted by molar-refractivity contribution is -0.272. The molecule has 0 fully saturated rings. The van der Waals surface area contributed by atoms with E-state index >= 15 is 0 Å². The Bertz CT molecular complexity index is 890. The van der Waals surface area contributed by atoms with Crippen molar-refractivity contribution in [3.63, 3.8) is 0 Å². The predicted octanol–water partition coefficient (Wildman–Crippen LogP) is 1.03. The van der Waals surface area contributed by atoms with Gasteiger partial charge in [-0.3, -0.25) is 4.99 Å². The van der Waals surface area contributed by atoms with Crippen molar-refractivity contribution in [2.45, 2.75) is 57.5 Å². The molecule has 0 bridgehead atoms. The molecule has 1 aliphatic heterocycles. The summed E-state index contributed by atoms with van der Waals surface area (Å²) >= 11 is 0. The molecule has 0 spiro atoms. The normalized spacial score (nSPS) is 19.3. The lowest BCUT2D eigenvalue weighted by atomic mass is 9.98. The van der Waals surface area contributed by atoms with Crippen molar-refractivity contribution >= 4 is 5.96 Å². The molecule has 0 saturated carbocycles. The third kappa shape index (κ3) is 4.58. The molecule has 2 aromatic heterocycles. The fraction of sp³-hybridized carbons (Fsp3) is 0.667. The van der Waals surface area contributed by atoms with Crippen LogP contribution in [0.2, 0.25) is 0 Å². The molecule has 2 atom stereocenters. The van der Waals surface area contributed by atoms with E-state index in [2.05, 4.69) is 30.7 Å². The summed E-state index contributed by atoms with van der Waals surface area (Å²) in [7, 11) is 1.41. The molecule has 0 saturated heterocycles. The second-order valence-electron chi connectivity index (χ2n) is 7.37. The molecular formula is C18H27F3N8O. The minimum atomic E-state index is -4.88. The van der Waals surface area contributed by atoms with Crippen LogP contribution in [0.3, 0.4) is 0 Å². The van der Waals surface area contributed by atoms with Crippen molar-refractivity contribution in [3.8, 4) is 0 Å². The Morgan fingerprint density at radius 3 is 2.80 bits per heavy atom. The van der Waals surface area contributed by atoms with E-state index in [1.54, 1.807) is 0 Å². The Kier molecular flexibility index (Phi) is 6.34. The maximum atomic E-state index is 13.6. The van der Waals surface area contributed by atoms with Gasteiger partial charge in [0.2, 0.25) is 5.60 Å². The zero-order chi connectivity index (χ0) is 21.9. The average molecular weight is 428 g/mol. The third-order valence-electron chi connectivity index (χ3n) is 5.05. The lowest BCUT2D eigenvalue weighted by Gasteiger charge is -2.29. The molecular weight excluding hydrogens is 401 g/mol. The number of imidazole rings is 1. The molecule has 12 heteroatoms. The van der Waals surface area contributed by atoms with Crippen LogP contribution < -0.4 is 10.6 Å². The van der Waals surface area contributed by atoms with E-state index in [1.807, 2.05) is 18.5 Å². The zero-order valence-corrected chi connectivity index (χ0v) is 17.2. The molecule has 2 unspecified atom stereocenters. The highest BCUT2D eigenvalue weighted by molar-refractivity contribution is 5.80. The number of hydrogen-bond acceptors (Lipinski definition) is 5. The summed E-state index contributed by atoms with van der Waals surface area (Å²) in [6, 6.07) is 0.0208. The molecule has 3 N–H and O–H groups in total. The van der Waals surface area contributed by atoms with Crippen LogP contribution in [-0.4, -0.2) is 60.7 Å². The Balaban J connectivity index is 1.69. The number of hydrogen-bond donors (Lipinski definition) is 3. The van der Waals surface area contributed by atoms with Crippen LogP contribution in [0.5, 0.6) is 0 Å². The van der Waals surface area contributed by atoms with Crippen LogP contribution in [0.4, 0.5) is 13.2 Å². The summed E-state index contributed by atoms with van der Waals surface area (Å²) in [6.45, 7) is 4.62. The van der Waals surface area contributed by atoms with Gasteiger partial charge in [0.25, 0.3) is 0 Å². The van der Waals surface area contributed by atoms with Crippen LogP contribution in [0, 0.1) is 6.92 Å². The number of aliphatic imine (C=N–C) groups is 1. The number of fused-ring (bicyclic) bond motifs is 1. The van der Waals surface area contributed by atoms with Crippen molar-refractivity contribution < 1.29 is 18.3 Å². The van der Waals surface area contributed by atoms with Gasteiger partial charge in [0.15, 0.2) is 5.96 Å². The Labute approximate surface area is 172 Å². The number of alkyl halides is 3. The van der Waals surface area contributed by atoms with Gasteiger partial charge in [0.05, 0.1) is 6.54 Å². The van der Waals surface area contributed by atoms with Gasteiger partial charge in [0.1, 0.15) is 17.5 Å². The molecule has 166 valence electrons. The molecule has 3 rings (SSSR count). The molecule has 0 aliphatic carbocycles. The van der Waals surface area contributed by atoms with Gasteiger partial charge in [0, 0.05) is 51.4 Å². The highest BCUT2D eigenvalue weighted by Gasteiger charge is 2.57. The van der Waals surface area contributed by atoms with Gasteiger partial charge in [-0.1, -0.05) is 0 Å². The van der Waals surface area contributed by atoms with Crippen molar-refractivity contribution in [2.24, 2.45) is 12.0 Å². The first kappa shape index (κ1) is 22.1. The molecule has 0 aromatic carbocycles. The van der Waals surface area contributed by atoms with Gasteiger partial charge in [-0.2, -0.15) is 18.3 Å². The fourth-order valence-corrected chi connectivity index (χ4v) is 3.54. The van der Waals surface area contributed by atoms with Gasteiger partial charge in [-0.05, 0) is 20.3 Å². The number of nitrogens with zero attached hydrogens (tertiary/aromatic N) is 6. The Hall–Kier alpha value is -2.63. The van der Waals surface area contributed by atoms with Gasteiger partial charge >= 0.3 is 6.18 Å². The van der Waals surface area contributed by atoms with Gasteiger partial charge in [-0.15, -0.1) is 0 Å². The van der Waals surface area contributed by atoms with Crippen molar-refractivity contribution in [1.82, 2.24) is 34.9 Å². The first-order chi connectivity index (χ1) is 14.1. The van der Waals surface area contributed by atoms with E-state index in [4.69, 9.17) is 0 Å². The summed E-state index contributed by atoms with van der Waals surface area (Å²) in [5.74, 6) is 1.58. The van der Waals surface area contributed by atoms with E-state index in [0.29, 0.717) is 24.9 Å². The highest BCUT2D eigenvalue weighted by Crippen LogP contribution is 2.40. The van der Waals surface area contributed by atoms with Gasteiger partial charge < -0.3 is 20.3 Å². The van der Waals surface area contributed by atoms with E-state index in [0.717, 1.165) is 18.7 Å². The number of aliphatic hydroxyl groups is 1. The molecule has 0 amide bonds. The maximum absolute atomic E-state index is 13.6. The Morgan fingerprint density at radius 2 is 2.17 bits per heavy atom. The zero-order valence-electron chi connectivity index (χ0n) is 17.2. The highest BCUT2D eigenvalue weighted by atomic mass is 19.4. The second kappa shape index (κ2) is 8.62. The number of aryl methyl sites for hydroxylation is 3. The van der Waals surface area contributed by atoms with Crippen molar-refractivity contribution in [3.05, 3.63) is 29.9 Å². The van der Waals surface area contributed by atoms with Crippen molar-refractivity contribution in [2.75, 3.05) is 13.1 Å². The smallest absolute Gasteiger partial charge is 0.374 e. The summed E-state index contributed by atoms with van der Waals surface area (Å²) in [6.07, 6.45) is -1.37. The third-order valence-corrected chi connectivity index (χ3v) is 5.05. The first-order valence-corrected chi connectivity index (χ1v) is 9.86. The summed E-state index contributed by atoms with van der Waals surface area (Å²) < 4.78 is 43.9. The minimum absolute atomic E-state index is 0.0208. The number of guanidine groups is 1. The fourth-order valence-electron chi connectivity index (χ4n) is 3.54. The lowest BCUT2D eigenvalue weighted by Crippen LogP contribution is -2.48. The van der Waals surface area contributed by atoms with E-state index in [1.165, 1.54) is 24.0 Å². The summed E-state index contributed by atoms with van der Waals surface area (Å²) in [5, 5.41) is 21.1. The predicted molar refractivity (Wildman–Crippen MR) is 104 cm³/mol. The molecule has 30 heavy (non-hydrogen) atoms. The minimum Gasteiger partial charge on any atom is -0.374 e. The standard InChI is InChI=1S/C18H27F3N8O/c1-4-22-16(26-13-5-6-14-25-12(2)27-29(14)11-13)24-8-7-17(30,18(19,20)21)15-23-9-10-28(15)3/h9-10,13,30H,4-8,11H2,1-3H3,(H2,22,24,26). The van der Waals surface area contributed by atoms with E-state index < -0.39 is 24.0 Å². The molecule has 3 heterocycles. The molecule has 9 nitrogen and oxygen atoms in total. The van der Waals surface area contributed by atoms with Gasteiger partial charge in [-0.25, -0.2) is 14.6 Å². The number of halogens is 3. The molecule has 2 aromatic rings. The van der Waals surface area contributed by atoms with E-state index in [9.17, 15) is 18.3 Å².